The summed E-state index contributed by atoms with van der Waals surface area (Å²) >= 11 is 0. The van der Waals surface area contributed by atoms with Crippen LogP contribution in [-0.4, -0.2) is 47.4 Å². The average molecular weight is 314 g/mol. The number of carbonyl (C=O) groups is 1. The van der Waals surface area contributed by atoms with Gasteiger partial charge in [0.1, 0.15) is 0 Å². The van der Waals surface area contributed by atoms with Crippen molar-refractivity contribution in [2.75, 3.05) is 33.1 Å². The third kappa shape index (κ3) is 6.24. The molecular formula is C14H22N2O4S. The summed E-state index contributed by atoms with van der Waals surface area (Å²) in [4.78, 5) is 11.8. The van der Waals surface area contributed by atoms with Crippen LogP contribution >= 0.6 is 0 Å². The first-order valence-corrected chi connectivity index (χ1v) is 8.52. The van der Waals surface area contributed by atoms with Crippen LogP contribution in [0.5, 0.6) is 0 Å². The molecule has 1 rings (SSSR count). The monoisotopic (exact) mass is 314 g/mol. The fraction of sp³-hybridized carbons (Fsp3) is 0.500. The second-order valence-corrected chi connectivity index (χ2v) is 6.80. The molecule has 6 nitrogen and oxygen atoms in total. The van der Waals surface area contributed by atoms with Crippen LogP contribution in [0.1, 0.15) is 18.5 Å². The maximum absolute atomic E-state index is 11.5. The molecule has 0 bridgehead atoms. The van der Waals surface area contributed by atoms with Gasteiger partial charge in [-0.25, -0.2) is 8.42 Å². The van der Waals surface area contributed by atoms with Gasteiger partial charge in [0.2, 0.25) is 5.91 Å². The van der Waals surface area contributed by atoms with Gasteiger partial charge in [-0.05, 0) is 24.6 Å². The molecule has 0 spiro atoms. The van der Waals surface area contributed by atoms with Crippen molar-refractivity contribution in [3.8, 4) is 0 Å². The van der Waals surface area contributed by atoms with E-state index in [1.807, 2.05) is 6.92 Å². The zero-order valence-corrected chi connectivity index (χ0v) is 13.4. The van der Waals surface area contributed by atoms with Gasteiger partial charge in [0.05, 0.1) is 18.0 Å². The summed E-state index contributed by atoms with van der Waals surface area (Å²) in [5, 5.41) is 5.80. The van der Waals surface area contributed by atoms with Gasteiger partial charge >= 0.3 is 0 Å². The number of rotatable bonds is 8. The molecule has 0 fully saturated rings. The van der Waals surface area contributed by atoms with E-state index in [9.17, 15) is 13.2 Å². The highest BCUT2D eigenvalue weighted by atomic mass is 32.2. The summed E-state index contributed by atoms with van der Waals surface area (Å²) in [6.07, 6.45) is 1.17. The predicted molar refractivity (Wildman–Crippen MR) is 80.9 cm³/mol. The topological polar surface area (TPSA) is 84.5 Å². The molecule has 0 radical (unpaired) electrons. The second kappa shape index (κ2) is 8.11. The molecule has 0 aliphatic carbocycles. The van der Waals surface area contributed by atoms with E-state index in [2.05, 4.69) is 10.6 Å². The number of ether oxygens (including phenoxy) is 1. The second-order valence-electron chi connectivity index (χ2n) is 4.79. The minimum absolute atomic E-state index is 0.0493. The number of carbonyl (C=O) groups excluding carboxylic acids is 1. The zero-order chi connectivity index (χ0) is 15.9. The van der Waals surface area contributed by atoms with Crippen molar-refractivity contribution in [1.82, 2.24) is 10.6 Å². The maximum Gasteiger partial charge on any atom is 0.234 e. The van der Waals surface area contributed by atoms with Crippen molar-refractivity contribution in [2.24, 2.45) is 0 Å². The van der Waals surface area contributed by atoms with Gasteiger partial charge in [-0.3, -0.25) is 4.79 Å². The third-order valence-corrected chi connectivity index (χ3v) is 4.13. The van der Waals surface area contributed by atoms with Crippen LogP contribution in [0.3, 0.4) is 0 Å². The molecule has 0 saturated heterocycles. The zero-order valence-electron chi connectivity index (χ0n) is 12.5. The number of sulfone groups is 1. The van der Waals surface area contributed by atoms with Crippen molar-refractivity contribution >= 4 is 15.7 Å². The highest BCUT2D eigenvalue weighted by Gasteiger charge is 2.10. The maximum atomic E-state index is 11.5. The first kappa shape index (κ1) is 17.6. The van der Waals surface area contributed by atoms with Crippen LogP contribution in [0.25, 0.3) is 0 Å². The SMILES string of the molecule is COCCNC(=O)CNC(C)c1ccc(S(C)(=O)=O)cc1. The van der Waals surface area contributed by atoms with Crippen LogP contribution in [0.15, 0.2) is 29.2 Å². The number of nitrogens with one attached hydrogen (secondary N) is 2. The molecule has 0 heterocycles. The minimum Gasteiger partial charge on any atom is -0.383 e. The van der Waals surface area contributed by atoms with Crippen LogP contribution in [0, 0.1) is 0 Å². The van der Waals surface area contributed by atoms with Crippen molar-refractivity contribution in [3.05, 3.63) is 29.8 Å². The van der Waals surface area contributed by atoms with Crippen molar-refractivity contribution in [1.29, 1.82) is 0 Å². The Morgan fingerprint density at radius 1 is 1.29 bits per heavy atom. The predicted octanol–water partition coefficient (Wildman–Crippen LogP) is 0.503. The summed E-state index contributed by atoms with van der Waals surface area (Å²) < 4.78 is 27.6. The average Bonchev–Trinajstić information content (AvgIpc) is 2.44. The van der Waals surface area contributed by atoms with Gasteiger partial charge in [0, 0.05) is 26.0 Å². The van der Waals surface area contributed by atoms with E-state index in [1.165, 1.54) is 6.26 Å². The summed E-state index contributed by atoms with van der Waals surface area (Å²) in [6, 6.07) is 6.59. The van der Waals surface area contributed by atoms with Gasteiger partial charge in [0.15, 0.2) is 9.84 Å². The molecule has 118 valence electrons. The van der Waals surface area contributed by atoms with Crippen LogP contribution < -0.4 is 10.6 Å². The first-order valence-electron chi connectivity index (χ1n) is 6.63. The Labute approximate surface area is 125 Å². The Morgan fingerprint density at radius 3 is 2.43 bits per heavy atom. The Bertz CT molecular complexity index is 555. The lowest BCUT2D eigenvalue weighted by molar-refractivity contribution is -0.120. The molecule has 0 saturated carbocycles. The molecule has 0 aliphatic heterocycles. The molecule has 2 N–H and O–H groups in total. The normalized spacial score (nSPS) is 12.9. The summed E-state index contributed by atoms with van der Waals surface area (Å²) in [6.45, 7) is 3.07. The van der Waals surface area contributed by atoms with Gasteiger partial charge in [0.25, 0.3) is 0 Å². The van der Waals surface area contributed by atoms with Crippen molar-refractivity contribution < 1.29 is 17.9 Å². The van der Waals surface area contributed by atoms with Crippen LogP contribution in [0.2, 0.25) is 0 Å². The highest BCUT2D eigenvalue weighted by Crippen LogP contribution is 2.15. The fourth-order valence-corrected chi connectivity index (χ4v) is 2.35. The van der Waals surface area contributed by atoms with E-state index in [1.54, 1.807) is 31.4 Å². The summed E-state index contributed by atoms with van der Waals surface area (Å²) in [7, 11) is -1.60. The van der Waals surface area contributed by atoms with E-state index in [0.717, 1.165) is 5.56 Å². The summed E-state index contributed by atoms with van der Waals surface area (Å²) in [5.41, 5.74) is 0.923. The Kier molecular flexibility index (Phi) is 6.80. The van der Waals surface area contributed by atoms with E-state index < -0.39 is 9.84 Å². The van der Waals surface area contributed by atoms with Crippen LogP contribution in [0.4, 0.5) is 0 Å². The van der Waals surface area contributed by atoms with E-state index in [0.29, 0.717) is 13.2 Å². The lowest BCUT2D eigenvalue weighted by Crippen LogP contribution is -2.36. The molecule has 1 unspecified atom stereocenters. The number of hydrogen-bond donors (Lipinski definition) is 2. The minimum atomic E-state index is -3.18. The quantitative estimate of drug-likeness (QED) is 0.683. The fourth-order valence-electron chi connectivity index (χ4n) is 1.72. The number of hydrogen-bond acceptors (Lipinski definition) is 5. The van der Waals surface area contributed by atoms with Gasteiger partial charge in [-0.2, -0.15) is 0 Å². The van der Waals surface area contributed by atoms with Gasteiger partial charge < -0.3 is 15.4 Å². The number of benzene rings is 1. The van der Waals surface area contributed by atoms with Gasteiger partial charge in [-0.1, -0.05) is 12.1 Å². The molecule has 1 amide bonds. The van der Waals surface area contributed by atoms with E-state index >= 15 is 0 Å². The summed E-state index contributed by atoms with van der Waals surface area (Å²) in [5.74, 6) is -0.105. The van der Waals surface area contributed by atoms with Crippen molar-refractivity contribution in [2.45, 2.75) is 17.9 Å². The molecular weight excluding hydrogens is 292 g/mol. The Morgan fingerprint density at radius 2 is 1.90 bits per heavy atom. The van der Waals surface area contributed by atoms with Crippen LogP contribution in [-0.2, 0) is 19.4 Å². The highest BCUT2D eigenvalue weighted by molar-refractivity contribution is 7.90. The number of methoxy groups -OCH3 is 1. The molecule has 0 aliphatic rings. The van der Waals surface area contributed by atoms with E-state index in [-0.39, 0.29) is 23.4 Å². The van der Waals surface area contributed by atoms with Gasteiger partial charge in [-0.15, -0.1) is 0 Å². The molecule has 1 atom stereocenters. The molecule has 1 aromatic rings. The molecule has 7 heteroatoms. The smallest absolute Gasteiger partial charge is 0.234 e. The lowest BCUT2D eigenvalue weighted by atomic mass is 10.1. The standard InChI is InChI=1S/C14H22N2O4S/c1-11(16-10-14(17)15-8-9-20-2)12-4-6-13(7-5-12)21(3,18)19/h4-7,11,16H,8-10H2,1-3H3,(H,15,17). The molecule has 0 aromatic heterocycles. The Balaban J connectivity index is 2.49. The Hall–Kier alpha value is -1.44. The van der Waals surface area contributed by atoms with E-state index in [4.69, 9.17) is 4.74 Å². The lowest BCUT2D eigenvalue weighted by Gasteiger charge is -2.14. The largest absolute Gasteiger partial charge is 0.383 e. The van der Waals surface area contributed by atoms with Crippen molar-refractivity contribution in [3.63, 3.8) is 0 Å². The number of amides is 1. The first-order chi connectivity index (χ1) is 9.84. The molecule has 21 heavy (non-hydrogen) atoms. The molecule has 1 aromatic carbocycles. The third-order valence-electron chi connectivity index (χ3n) is 3.01.